The van der Waals surface area contributed by atoms with Crippen LogP contribution in [0.4, 0.5) is 0 Å². The van der Waals surface area contributed by atoms with E-state index in [0.717, 1.165) is 12.8 Å². The molecule has 1 aromatic rings. The van der Waals surface area contributed by atoms with Crippen LogP contribution < -0.4 is 5.73 Å². The van der Waals surface area contributed by atoms with E-state index in [2.05, 4.69) is 50.3 Å². The van der Waals surface area contributed by atoms with E-state index < -0.39 is 0 Å². The van der Waals surface area contributed by atoms with Crippen molar-refractivity contribution in [2.75, 3.05) is 0 Å². The topological polar surface area (TPSA) is 26.0 Å². The Morgan fingerprint density at radius 2 is 1.87 bits per heavy atom. The van der Waals surface area contributed by atoms with Gasteiger partial charge in [-0.3, -0.25) is 0 Å². The monoisotopic (exact) mass is 203 g/mol. The summed E-state index contributed by atoms with van der Waals surface area (Å²) in [5.74, 6) is 0.668. The van der Waals surface area contributed by atoms with Gasteiger partial charge in [0.25, 0.3) is 0 Å². The molecule has 0 radical (unpaired) electrons. The highest BCUT2D eigenvalue weighted by Crippen LogP contribution is 2.05. The fraction of sp³-hybridized carbons (Fsp3) is 0.429. The number of hydrogen-bond acceptors (Lipinski definition) is 1. The molecule has 1 nitrogen and oxygen atoms in total. The van der Waals surface area contributed by atoms with Gasteiger partial charge in [-0.1, -0.05) is 56.3 Å². The highest BCUT2D eigenvalue weighted by atomic mass is 14.6. The molecule has 1 aromatic carbocycles. The van der Waals surface area contributed by atoms with Gasteiger partial charge in [0, 0.05) is 6.04 Å². The molecule has 0 amide bonds. The normalized spacial score (nSPS) is 13.6. The molecule has 1 rings (SSSR count). The van der Waals surface area contributed by atoms with Gasteiger partial charge in [-0.05, 0) is 24.3 Å². The summed E-state index contributed by atoms with van der Waals surface area (Å²) in [4.78, 5) is 0. The first kappa shape index (κ1) is 12.0. The predicted octanol–water partition coefficient (Wildman–Crippen LogP) is 3.16. The van der Waals surface area contributed by atoms with Crippen molar-refractivity contribution in [3.63, 3.8) is 0 Å². The summed E-state index contributed by atoms with van der Waals surface area (Å²) in [5, 5.41) is 0. The molecule has 0 heterocycles. The molecule has 0 aromatic heterocycles. The van der Waals surface area contributed by atoms with Gasteiger partial charge < -0.3 is 5.73 Å². The molecule has 1 atom stereocenters. The zero-order chi connectivity index (χ0) is 11.1. The van der Waals surface area contributed by atoms with Crippen molar-refractivity contribution in [1.82, 2.24) is 0 Å². The number of allylic oxidation sites excluding steroid dienone is 1. The fourth-order valence-electron chi connectivity index (χ4n) is 1.62. The first-order chi connectivity index (χ1) is 7.18. The van der Waals surface area contributed by atoms with Crippen LogP contribution in [0.25, 0.3) is 0 Å². The molecular weight excluding hydrogens is 182 g/mol. The molecule has 15 heavy (non-hydrogen) atoms. The summed E-state index contributed by atoms with van der Waals surface area (Å²) >= 11 is 0. The first-order valence-electron chi connectivity index (χ1n) is 5.64. The summed E-state index contributed by atoms with van der Waals surface area (Å²) in [6.45, 7) is 4.40. The Hall–Kier alpha value is -1.08. The Morgan fingerprint density at radius 1 is 1.20 bits per heavy atom. The van der Waals surface area contributed by atoms with Gasteiger partial charge in [0.2, 0.25) is 0 Å². The van der Waals surface area contributed by atoms with Crippen LogP contribution in [0.2, 0.25) is 0 Å². The smallest absolute Gasteiger partial charge is 0.0226 e. The van der Waals surface area contributed by atoms with Crippen molar-refractivity contribution in [3.05, 3.63) is 48.0 Å². The number of hydrogen-bond donors (Lipinski definition) is 1. The van der Waals surface area contributed by atoms with Crippen molar-refractivity contribution in [3.8, 4) is 0 Å². The van der Waals surface area contributed by atoms with Crippen molar-refractivity contribution in [1.29, 1.82) is 0 Å². The zero-order valence-electron chi connectivity index (χ0n) is 9.69. The van der Waals surface area contributed by atoms with Crippen LogP contribution in [0, 0.1) is 5.92 Å². The number of benzene rings is 1. The zero-order valence-corrected chi connectivity index (χ0v) is 9.69. The summed E-state index contributed by atoms with van der Waals surface area (Å²) < 4.78 is 0. The van der Waals surface area contributed by atoms with Crippen LogP contribution in [0.5, 0.6) is 0 Å². The van der Waals surface area contributed by atoms with E-state index >= 15 is 0 Å². The average molecular weight is 203 g/mol. The molecule has 82 valence electrons. The predicted molar refractivity (Wildman–Crippen MR) is 66.7 cm³/mol. The summed E-state index contributed by atoms with van der Waals surface area (Å²) in [6, 6.07) is 10.6. The van der Waals surface area contributed by atoms with E-state index in [4.69, 9.17) is 5.73 Å². The molecule has 0 fully saturated rings. The van der Waals surface area contributed by atoms with Crippen molar-refractivity contribution < 1.29 is 0 Å². The summed E-state index contributed by atoms with van der Waals surface area (Å²) in [6.07, 6.45) is 6.33. The minimum Gasteiger partial charge on any atom is -0.324 e. The van der Waals surface area contributed by atoms with Crippen molar-refractivity contribution >= 4 is 0 Å². The van der Waals surface area contributed by atoms with Gasteiger partial charge in [-0.2, -0.15) is 0 Å². The number of nitrogens with two attached hydrogens (primary N) is 1. The maximum absolute atomic E-state index is 5.95. The lowest BCUT2D eigenvalue weighted by molar-refractivity contribution is 0.546. The fourth-order valence-corrected chi connectivity index (χ4v) is 1.62. The third-order valence-electron chi connectivity index (χ3n) is 2.32. The van der Waals surface area contributed by atoms with E-state index in [1.54, 1.807) is 0 Å². The quantitative estimate of drug-likeness (QED) is 0.731. The standard InChI is InChI=1S/C14H21N/c1-12(2)11-14(15)10-6-9-13-7-4-3-5-8-13/h3-8,10,12,14H,9,11,15H2,1-2H3. The Balaban J connectivity index is 2.33. The molecule has 1 heteroatoms. The van der Waals surface area contributed by atoms with Crippen LogP contribution in [0.15, 0.2) is 42.5 Å². The second kappa shape index (κ2) is 6.41. The van der Waals surface area contributed by atoms with E-state index in [-0.39, 0.29) is 6.04 Å². The molecule has 0 aliphatic rings. The Morgan fingerprint density at radius 3 is 2.47 bits per heavy atom. The molecule has 2 N–H and O–H groups in total. The molecule has 1 unspecified atom stereocenters. The Kier molecular flexibility index (Phi) is 5.13. The maximum atomic E-state index is 5.95. The van der Waals surface area contributed by atoms with Crippen LogP contribution in [-0.4, -0.2) is 6.04 Å². The minimum atomic E-state index is 0.203. The van der Waals surface area contributed by atoms with E-state index in [1.807, 2.05) is 6.07 Å². The third kappa shape index (κ3) is 5.38. The van der Waals surface area contributed by atoms with Crippen molar-refractivity contribution in [2.45, 2.75) is 32.7 Å². The van der Waals surface area contributed by atoms with Gasteiger partial charge in [-0.25, -0.2) is 0 Å². The van der Waals surface area contributed by atoms with Crippen molar-refractivity contribution in [2.24, 2.45) is 11.7 Å². The molecule has 0 saturated heterocycles. The minimum absolute atomic E-state index is 0.203. The second-order valence-electron chi connectivity index (χ2n) is 4.41. The Labute approximate surface area is 93.0 Å². The molecule has 0 saturated carbocycles. The molecule has 0 spiro atoms. The highest BCUT2D eigenvalue weighted by molar-refractivity contribution is 5.17. The lowest BCUT2D eigenvalue weighted by Crippen LogP contribution is -2.18. The molecule has 0 aliphatic carbocycles. The SMILES string of the molecule is CC(C)CC(N)C=CCc1ccccc1. The molecular formula is C14H21N. The van der Waals surface area contributed by atoms with Crippen LogP contribution in [-0.2, 0) is 6.42 Å². The van der Waals surface area contributed by atoms with E-state index in [1.165, 1.54) is 5.56 Å². The van der Waals surface area contributed by atoms with Gasteiger partial charge in [0.15, 0.2) is 0 Å². The lowest BCUT2D eigenvalue weighted by Gasteiger charge is -2.08. The molecule has 0 aliphatic heterocycles. The van der Waals surface area contributed by atoms with Gasteiger partial charge >= 0.3 is 0 Å². The van der Waals surface area contributed by atoms with E-state index in [0.29, 0.717) is 5.92 Å². The Bertz CT molecular complexity index is 287. The van der Waals surface area contributed by atoms with Gasteiger partial charge in [0.05, 0.1) is 0 Å². The van der Waals surface area contributed by atoms with Gasteiger partial charge in [-0.15, -0.1) is 0 Å². The summed E-state index contributed by atoms with van der Waals surface area (Å²) in [7, 11) is 0. The average Bonchev–Trinajstić information content (AvgIpc) is 2.18. The maximum Gasteiger partial charge on any atom is 0.0226 e. The van der Waals surface area contributed by atoms with Gasteiger partial charge in [0.1, 0.15) is 0 Å². The second-order valence-corrected chi connectivity index (χ2v) is 4.41. The van der Waals surface area contributed by atoms with Crippen LogP contribution in [0.1, 0.15) is 25.8 Å². The molecule has 0 bridgehead atoms. The summed E-state index contributed by atoms with van der Waals surface area (Å²) in [5.41, 5.74) is 7.29. The number of rotatable bonds is 5. The largest absolute Gasteiger partial charge is 0.324 e. The third-order valence-corrected chi connectivity index (χ3v) is 2.32. The van der Waals surface area contributed by atoms with E-state index in [9.17, 15) is 0 Å². The van der Waals surface area contributed by atoms with Crippen LogP contribution in [0.3, 0.4) is 0 Å². The lowest BCUT2D eigenvalue weighted by atomic mass is 10.0. The van der Waals surface area contributed by atoms with Crippen LogP contribution >= 0.6 is 0 Å². The highest BCUT2D eigenvalue weighted by Gasteiger charge is 2.00. The first-order valence-corrected chi connectivity index (χ1v) is 5.64.